The summed E-state index contributed by atoms with van der Waals surface area (Å²) >= 11 is 0. The maximum atomic E-state index is 6.48. The normalized spacial score (nSPS) is 12.2. The van der Waals surface area contributed by atoms with E-state index in [1.165, 1.54) is 65.0 Å². The number of hydrogen-bond acceptors (Lipinski definition) is 1. The van der Waals surface area contributed by atoms with Crippen LogP contribution in [0.1, 0.15) is 0 Å². The lowest BCUT2D eigenvalue weighted by Gasteiger charge is -2.17. The molecule has 1 heterocycles. The quantitative estimate of drug-likeness (QED) is 0.242. The molecule has 0 saturated heterocycles. The molecule has 33 heavy (non-hydrogen) atoms. The number of fused-ring (bicyclic) bond motifs is 6. The Labute approximate surface area is 189 Å². The van der Waals surface area contributed by atoms with E-state index in [1.807, 2.05) is 6.07 Å². The monoisotopic (exact) mass is 418 g/mol. The van der Waals surface area contributed by atoms with Gasteiger partial charge in [-0.3, -0.25) is 0 Å². The van der Waals surface area contributed by atoms with Crippen molar-refractivity contribution < 1.29 is 4.42 Å². The van der Waals surface area contributed by atoms with Crippen molar-refractivity contribution >= 4 is 65.0 Å². The molecular formula is C32H18O. The van der Waals surface area contributed by atoms with E-state index in [4.69, 9.17) is 4.42 Å². The Morgan fingerprint density at radius 1 is 0.394 bits per heavy atom. The second kappa shape index (κ2) is 6.11. The van der Waals surface area contributed by atoms with E-state index in [-0.39, 0.29) is 0 Å². The van der Waals surface area contributed by atoms with Crippen LogP contribution in [0.4, 0.5) is 0 Å². The SMILES string of the molecule is c1ccc2c(-c3cc4cccc5c6c7ccccc7oc6c6cccc3c6c45)cccc2c1. The zero-order valence-corrected chi connectivity index (χ0v) is 17.8. The minimum Gasteiger partial charge on any atom is -0.455 e. The Bertz CT molecular complexity index is 2020. The molecule has 0 spiro atoms. The number of rotatable bonds is 1. The van der Waals surface area contributed by atoms with Gasteiger partial charge in [0.25, 0.3) is 0 Å². The summed E-state index contributed by atoms with van der Waals surface area (Å²) in [6, 6.07) is 39.3. The van der Waals surface area contributed by atoms with Crippen LogP contribution in [-0.2, 0) is 0 Å². The first-order chi connectivity index (χ1) is 16.4. The van der Waals surface area contributed by atoms with E-state index < -0.39 is 0 Å². The van der Waals surface area contributed by atoms with Crippen LogP contribution in [0.2, 0.25) is 0 Å². The molecule has 0 aliphatic heterocycles. The highest BCUT2D eigenvalue weighted by molar-refractivity contribution is 6.38. The van der Waals surface area contributed by atoms with E-state index in [0.29, 0.717) is 0 Å². The van der Waals surface area contributed by atoms with Gasteiger partial charge >= 0.3 is 0 Å². The molecule has 0 saturated carbocycles. The third kappa shape index (κ3) is 2.16. The predicted octanol–water partition coefficient (Wildman–Crippen LogP) is 9.30. The van der Waals surface area contributed by atoms with Crippen molar-refractivity contribution in [2.75, 3.05) is 0 Å². The molecule has 0 radical (unpaired) electrons. The predicted molar refractivity (Wildman–Crippen MR) is 140 cm³/mol. The molecule has 0 bridgehead atoms. The highest BCUT2D eigenvalue weighted by Gasteiger charge is 2.20. The van der Waals surface area contributed by atoms with E-state index in [9.17, 15) is 0 Å². The van der Waals surface area contributed by atoms with Gasteiger partial charge in [-0.15, -0.1) is 0 Å². The fourth-order valence-electron chi connectivity index (χ4n) is 5.83. The fourth-order valence-corrected chi connectivity index (χ4v) is 5.83. The molecule has 0 amide bonds. The zero-order valence-electron chi connectivity index (χ0n) is 17.8. The zero-order chi connectivity index (χ0) is 21.5. The van der Waals surface area contributed by atoms with Crippen molar-refractivity contribution in [3.8, 4) is 11.1 Å². The second-order valence-corrected chi connectivity index (χ2v) is 8.89. The number of benzene rings is 7. The van der Waals surface area contributed by atoms with Crippen molar-refractivity contribution in [2.24, 2.45) is 0 Å². The largest absolute Gasteiger partial charge is 0.455 e. The lowest BCUT2D eigenvalue weighted by atomic mass is 9.86. The molecule has 0 N–H and O–H groups in total. The molecule has 0 aliphatic carbocycles. The van der Waals surface area contributed by atoms with Crippen molar-refractivity contribution in [3.63, 3.8) is 0 Å². The van der Waals surface area contributed by atoms with Gasteiger partial charge in [0, 0.05) is 21.5 Å². The molecule has 1 aromatic heterocycles. The van der Waals surface area contributed by atoms with Crippen LogP contribution >= 0.6 is 0 Å². The molecule has 8 rings (SSSR count). The Kier molecular flexibility index (Phi) is 3.19. The van der Waals surface area contributed by atoms with Gasteiger partial charge in [0.2, 0.25) is 0 Å². The summed E-state index contributed by atoms with van der Waals surface area (Å²) in [5, 5.41) is 12.6. The molecule has 152 valence electrons. The Morgan fingerprint density at radius 2 is 1.06 bits per heavy atom. The van der Waals surface area contributed by atoms with Gasteiger partial charge < -0.3 is 4.42 Å². The number of para-hydroxylation sites is 1. The van der Waals surface area contributed by atoms with Gasteiger partial charge in [0.15, 0.2) is 0 Å². The van der Waals surface area contributed by atoms with Crippen molar-refractivity contribution in [3.05, 3.63) is 109 Å². The summed E-state index contributed by atoms with van der Waals surface area (Å²) in [6.45, 7) is 0. The first-order valence-electron chi connectivity index (χ1n) is 11.4. The third-order valence-electron chi connectivity index (χ3n) is 7.19. The third-order valence-corrected chi connectivity index (χ3v) is 7.19. The van der Waals surface area contributed by atoms with Gasteiger partial charge in [0.1, 0.15) is 11.2 Å². The summed E-state index contributed by atoms with van der Waals surface area (Å²) in [6.07, 6.45) is 0. The summed E-state index contributed by atoms with van der Waals surface area (Å²) in [5.41, 5.74) is 4.47. The average Bonchev–Trinajstić information content (AvgIpc) is 3.27. The molecule has 1 heteroatoms. The van der Waals surface area contributed by atoms with E-state index in [0.717, 1.165) is 11.2 Å². The molecule has 8 aromatic rings. The smallest absolute Gasteiger partial charge is 0.143 e. The van der Waals surface area contributed by atoms with Crippen LogP contribution in [0.25, 0.3) is 76.2 Å². The molecule has 0 fully saturated rings. The maximum absolute atomic E-state index is 6.48. The van der Waals surface area contributed by atoms with Crippen LogP contribution in [0.15, 0.2) is 114 Å². The van der Waals surface area contributed by atoms with E-state index in [1.54, 1.807) is 0 Å². The first kappa shape index (κ1) is 17.2. The summed E-state index contributed by atoms with van der Waals surface area (Å²) in [4.78, 5) is 0. The van der Waals surface area contributed by atoms with Gasteiger partial charge in [-0.25, -0.2) is 0 Å². The van der Waals surface area contributed by atoms with Crippen molar-refractivity contribution in [1.82, 2.24) is 0 Å². The maximum Gasteiger partial charge on any atom is 0.143 e. The van der Waals surface area contributed by atoms with Gasteiger partial charge in [0.05, 0.1) is 0 Å². The van der Waals surface area contributed by atoms with Crippen LogP contribution in [-0.4, -0.2) is 0 Å². The number of furan rings is 1. The van der Waals surface area contributed by atoms with E-state index >= 15 is 0 Å². The molecule has 0 aliphatic rings. The molecule has 7 aromatic carbocycles. The lowest BCUT2D eigenvalue weighted by Crippen LogP contribution is -1.89. The molecule has 0 atom stereocenters. The van der Waals surface area contributed by atoms with Crippen LogP contribution < -0.4 is 0 Å². The van der Waals surface area contributed by atoms with Gasteiger partial charge in [-0.1, -0.05) is 97.1 Å². The van der Waals surface area contributed by atoms with Crippen LogP contribution in [0.3, 0.4) is 0 Å². The highest BCUT2D eigenvalue weighted by Crippen LogP contribution is 2.47. The summed E-state index contributed by atoms with van der Waals surface area (Å²) < 4.78 is 6.48. The summed E-state index contributed by atoms with van der Waals surface area (Å²) in [5.74, 6) is 0. The van der Waals surface area contributed by atoms with Gasteiger partial charge in [-0.2, -0.15) is 0 Å². The Hall–Kier alpha value is -4.36. The average molecular weight is 418 g/mol. The van der Waals surface area contributed by atoms with E-state index in [2.05, 4.69) is 103 Å². The van der Waals surface area contributed by atoms with Crippen molar-refractivity contribution in [2.45, 2.75) is 0 Å². The lowest BCUT2D eigenvalue weighted by molar-refractivity contribution is 0.673. The van der Waals surface area contributed by atoms with Crippen LogP contribution in [0.5, 0.6) is 0 Å². The fraction of sp³-hybridized carbons (Fsp3) is 0. The minimum absolute atomic E-state index is 0.943. The standard InChI is InChI=1S/C32H18O/c1-2-11-21-19(8-1)9-5-13-22(21)27-18-20-10-6-15-25-29(20)30-23(27)14-7-16-26(30)32-31(25)24-12-3-4-17-28(24)33-32/h1-18H. The molecular weight excluding hydrogens is 400 g/mol. The van der Waals surface area contributed by atoms with Crippen molar-refractivity contribution in [1.29, 1.82) is 0 Å². The summed E-state index contributed by atoms with van der Waals surface area (Å²) in [7, 11) is 0. The topological polar surface area (TPSA) is 13.1 Å². The second-order valence-electron chi connectivity index (χ2n) is 8.89. The molecule has 1 nitrogen and oxygen atoms in total. The Morgan fingerprint density at radius 3 is 2.03 bits per heavy atom. The Balaban J connectivity index is 1.65. The first-order valence-corrected chi connectivity index (χ1v) is 11.4. The van der Waals surface area contributed by atoms with Crippen LogP contribution in [0, 0.1) is 0 Å². The van der Waals surface area contributed by atoms with Gasteiger partial charge in [-0.05, 0) is 55.6 Å². The minimum atomic E-state index is 0.943. The highest BCUT2D eigenvalue weighted by atomic mass is 16.3. The number of hydrogen-bond donors (Lipinski definition) is 0. The molecule has 0 unspecified atom stereocenters.